The van der Waals surface area contributed by atoms with Crippen LogP contribution in [-0.2, 0) is 32.6 Å². The summed E-state index contributed by atoms with van der Waals surface area (Å²) in [6.45, 7) is 8.86. The molecular formula is C22H30N6O2. The normalized spacial score (nSPS) is 14.7. The highest BCUT2D eigenvalue weighted by atomic mass is 16.5. The molecule has 0 saturated carbocycles. The zero-order valence-electron chi connectivity index (χ0n) is 18.0. The lowest BCUT2D eigenvalue weighted by molar-refractivity contribution is 0.269. The van der Waals surface area contributed by atoms with Crippen molar-refractivity contribution in [2.75, 3.05) is 20.2 Å². The molecule has 0 spiro atoms. The lowest BCUT2D eigenvalue weighted by atomic mass is 10.1. The second kappa shape index (κ2) is 8.87. The van der Waals surface area contributed by atoms with Crippen LogP contribution in [0.2, 0.25) is 0 Å². The van der Waals surface area contributed by atoms with E-state index in [4.69, 9.17) is 4.74 Å². The quantitative estimate of drug-likeness (QED) is 0.596. The van der Waals surface area contributed by atoms with Crippen LogP contribution in [-0.4, -0.2) is 49.0 Å². The van der Waals surface area contributed by atoms with E-state index in [0.29, 0.717) is 19.0 Å². The van der Waals surface area contributed by atoms with Crippen LogP contribution < -0.4 is 10.4 Å². The molecule has 8 nitrogen and oxygen atoms in total. The number of aromatic nitrogens is 5. The molecule has 8 heteroatoms. The molecule has 30 heavy (non-hydrogen) atoms. The van der Waals surface area contributed by atoms with Gasteiger partial charge in [-0.1, -0.05) is 19.9 Å². The summed E-state index contributed by atoms with van der Waals surface area (Å²) in [6, 6.07) is 6.36. The molecule has 1 aromatic carbocycles. The smallest absolute Gasteiger partial charge is 0.345 e. The third-order valence-electron chi connectivity index (χ3n) is 5.49. The molecule has 3 heterocycles. The van der Waals surface area contributed by atoms with Gasteiger partial charge in [-0.25, -0.2) is 14.5 Å². The van der Waals surface area contributed by atoms with E-state index in [1.165, 1.54) is 5.56 Å². The van der Waals surface area contributed by atoms with E-state index in [1.807, 2.05) is 27.7 Å². The molecule has 3 aromatic rings. The van der Waals surface area contributed by atoms with Crippen LogP contribution in [0.3, 0.4) is 0 Å². The largest absolute Gasteiger partial charge is 0.496 e. The van der Waals surface area contributed by atoms with Gasteiger partial charge in [-0.05, 0) is 23.6 Å². The summed E-state index contributed by atoms with van der Waals surface area (Å²) < 4.78 is 11.1. The lowest BCUT2D eigenvalue weighted by Crippen LogP contribution is -2.31. The van der Waals surface area contributed by atoms with Gasteiger partial charge in [-0.2, -0.15) is 5.10 Å². The van der Waals surface area contributed by atoms with Crippen LogP contribution in [0.25, 0.3) is 0 Å². The van der Waals surface area contributed by atoms with Gasteiger partial charge in [0.15, 0.2) is 0 Å². The van der Waals surface area contributed by atoms with Crippen LogP contribution >= 0.6 is 0 Å². The Bertz CT molecular complexity index is 1030. The van der Waals surface area contributed by atoms with Crippen molar-refractivity contribution in [3.8, 4) is 5.75 Å². The molecule has 4 rings (SSSR count). The second-order valence-corrected chi connectivity index (χ2v) is 8.33. The summed E-state index contributed by atoms with van der Waals surface area (Å²) >= 11 is 0. The molecule has 160 valence electrons. The molecular weight excluding hydrogens is 380 g/mol. The van der Waals surface area contributed by atoms with E-state index in [0.717, 1.165) is 49.7 Å². The van der Waals surface area contributed by atoms with Crippen molar-refractivity contribution in [3.63, 3.8) is 0 Å². The highest BCUT2D eigenvalue weighted by molar-refractivity contribution is 5.37. The van der Waals surface area contributed by atoms with Gasteiger partial charge in [0.2, 0.25) is 0 Å². The van der Waals surface area contributed by atoms with Crippen molar-refractivity contribution in [3.05, 3.63) is 64.4 Å². The molecule has 0 atom stereocenters. The maximum Gasteiger partial charge on any atom is 0.345 e. The van der Waals surface area contributed by atoms with Crippen molar-refractivity contribution in [1.82, 2.24) is 28.8 Å². The first-order chi connectivity index (χ1) is 14.5. The fourth-order valence-electron chi connectivity index (χ4n) is 4.02. The van der Waals surface area contributed by atoms with Crippen LogP contribution in [0.4, 0.5) is 0 Å². The van der Waals surface area contributed by atoms with E-state index in [9.17, 15) is 4.79 Å². The van der Waals surface area contributed by atoms with E-state index in [2.05, 4.69) is 41.0 Å². The topological polar surface area (TPSA) is 70.1 Å². The van der Waals surface area contributed by atoms with Gasteiger partial charge in [0, 0.05) is 57.1 Å². The third-order valence-corrected chi connectivity index (χ3v) is 5.49. The monoisotopic (exact) mass is 410 g/mol. The maximum atomic E-state index is 12.7. The second-order valence-electron chi connectivity index (χ2n) is 8.33. The molecule has 0 radical (unpaired) electrons. The van der Waals surface area contributed by atoms with Gasteiger partial charge in [-0.15, -0.1) is 0 Å². The first kappa shape index (κ1) is 20.4. The number of imidazole rings is 1. The average Bonchev–Trinajstić information content (AvgIpc) is 3.27. The van der Waals surface area contributed by atoms with Crippen molar-refractivity contribution < 1.29 is 4.74 Å². The van der Waals surface area contributed by atoms with E-state index >= 15 is 0 Å². The number of ether oxygens (including phenoxy) is 1. The Morgan fingerprint density at radius 3 is 2.77 bits per heavy atom. The zero-order chi connectivity index (χ0) is 21.1. The Balaban J connectivity index is 1.45. The third kappa shape index (κ3) is 4.48. The fourth-order valence-corrected chi connectivity index (χ4v) is 4.02. The molecule has 0 fully saturated rings. The molecule has 0 aliphatic carbocycles. The van der Waals surface area contributed by atoms with Gasteiger partial charge in [-0.3, -0.25) is 9.47 Å². The summed E-state index contributed by atoms with van der Waals surface area (Å²) in [5.74, 6) is 2.19. The van der Waals surface area contributed by atoms with Gasteiger partial charge < -0.3 is 9.30 Å². The van der Waals surface area contributed by atoms with Crippen LogP contribution in [0.1, 0.15) is 30.8 Å². The number of hydrogen-bond donors (Lipinski definition) is 0. The minimum Gasteiger partial charge on any atom is -0.496 e. The van der Waals surface area contributed by atoms with Gasteiger partial charge in [0.25, 0.3) is 0 Å². The Morgan fingerprint density at radius 1 is 1.17 bits per heavy atom. The minimum atomic E-state index is 0.0209. The number of methoxy groups -OCH3 is 1. The minimum absolute atomic E-state index is 0.0209. The number of fused-ring (bicyclic) bond motifs is 1. The summed E-state index contributed by atoms with van der Waals surface area (Å²) in [4.78, 5) is 19.2. The molecule has 0 bridgehead atoms. The summed E-state index contributed by atoms with van der Waals surface area (Å²) in [5, 5.41) is 4.59. The standard InChI is InChI=1S/C22H30N6O2/c1-17(2)13-28-22(29)27-11-10-25(8-6-21(27)24-28)14-18-4-5-20(30-3)19(12-18)15-26-9-7-23-16-26/h4-5,7,9,12,16-17H,6,8,10-11,13-15H2,1-3H3. The number of benzene rings is 1. The number of rotatable bonds is 7. The molecule has 1 aliphatic heterocycles. The number of hydrogen-bond acceptors (Lipinski definition) is 5. The highest BCUT2D eigenvalue weighted by Crippen LogP contribution is 2.22. The Hall–Kier alpha value is -2.87. The molecule has 0 N–H and O–H groups in total. The van der Waals surface area contributed by atoms with Crippen molar-refractivity contribution in [2.45, 2.75) is 46.4 Å². The predicted octanol–water partition coefficient (Wildman–Crippen LogP) is 2.01. The van der Waals surface area contributed by atoms with Crippen LogP contribution in [0.5, 0.6) is 5.75 Å². The first-order valence-corrected chi connectivity index (χ1v) is 10.5. The SMILES string of the molecule is COc1ccc(CN2CCc3nn(CC(C)C)c(=O)n3CC2)cc1Cn1ccnc1. The molecule has 2 aromatic heterocycles. The maximum absolute atomic E-state index is 12.7. The highest BCUT2D eigenvalue weighted by Gasteiger charge is 2.20. The van der Waals surface area contributed by atoms with E-state index < -0.39 is 0 Å². The Labute approximate surface area is 176 Å². The summed E-state index contributed by atoms with van der Waals surface area (Å²) in [5.41, 5.74) is 2.39. The number of nitrogens with zero attached hydrogens (tertiary/aromatic N) is 6. The first-order valence-electron chi connectivity index (χ1n) is 10.5. The average molecular weight is 411 g/mol. The van der Waals surface area contributed by atoms with Crippen LogP contribution in [0.15, 0.2) is 41.7 Å². The fraction of sp³-hybridized carbons (Fsp3) is 0.500. The van der Waals surface area contributed by atoms with Crippen molar-refractivity contribution in [2.24, 2.45) is 5.92 Å². The Morgan fingerprint density at radius 2 is 2.03 bits per heavy atom. The van der Waals surface area contributed by atoms with E-state index in [-0.39, 0.29) is 5.69 Å². The predicted molar refractivity (Wildman–Crippen MR) is 115 cm³/mol. The van der Waals surface area contributed by atoms with E-state index in [1.54, 1.807) is 18.0 Å². The lowest BCUT2D eigenvalue weighted by Gasteiger charge is -2.20. The Kier molecular flexibility index (Phi) is 6.03. The van der Waals surface area contributed by atoms with Gasteiger partial charge in [0.05, 0.1) is 20.0 Å². The molecule has 0 saturated heterocycles. The van der Waals surface area contributed by atoms with Crippen LogP contribution in [0, 0.1) is 5.92 Å². The van der Waals surface area contributed by atoms with Gasteiger partial charge in [0.1, 0.15) is 11.6 Å². The summed E-state index contributed by atoms with van der Waals surface area (Å²) in [7, 11) is 1.70. The van der Waals surface area contributed by atoms with Crippen molar-refractivity contribution >= 4 is 0 Å². The summed E-state index contributed by atoms with van der Waals surface area (Å²) in [6.07, 6.45) is 6.34. The van der Waals surface area contributed by atoms with Gasteiger partial charge >= 0.3 is 5.69 Å². The molecule has 0 amide bonds. The molecule has 0 unspecified atom stereocenters. The van der Waals surface area contributed by atoms with Crippen molar-refractivity contribution in [1.29, 1.82) is 0 Å². The molecule has 1 aliphatic rings. The zero-order valence-corrected chi connectivity index (χ0v) is 18.0.